The number of carbonyl (C=O) groups excluding carboxylic acids is 1. The number of aryl methyl sites for hydroxylation is 1. The number of benzene rings is 1. The molecule has 86 valence electrons. The second-order valence-electron chi connectivity index (χ2n) is 3.80. The minimum atomic E-state index is -0.658. The largest absolute Gasteiger partial charge is 0.445 e. The molecule has 0 spiro atoms. The summed E-state index contributed by atoms with van der Waals surface area (Å²) in [7, 11) is 0. The number of nitrogens with two attached hydrogens (primary N) is 1. The molecule has 0 aliphatic carbocycles. The van der Waals surface area contributed by atoms with E-state index in [9.17, 15) is 4.79 Å². The predicted octanol–water partition coefficient (Wildman–Crippen LogP) is 2.25. The molecule has 0 unspecified atom stereocenters. The van der Waals surface area contributed by atoms with E-state index in [0.29, 0.717) is 0 Å². The fourth-order valence-electron chi connectivity index (χ4n) is 1.20. The van der Waals surface area contributed by atoms with Gasteiger partial charge >= 0.3 is 6.09 Å². The number of amidine groups is 1. The lowest BCUT2D eigenvalue weighted by Gasteiger charge is -2.05. The Balaban J connectivity index is 2.81. The Morgan fingerprint density at radius 3 is 2.69 bits per heavy atom. The van der Waals surface area contributed by atoms with Crippen LogP contribution in [0.15, 0.2) is 29.3 Å². The molecule has 0 fully saturated rings. The SMILES string of the molecule is Cc1cccc(/C(N)=N\C(=O)OC(C)C)c1. The second-order valence-corrected chi connectivity index (χ2v) is 3.80. The zero-order valence-electron chi connectivity index (χ0n) is 9.73. The maximum Gasteiger partial charge on any atom is 0.435 e. The maximum atomic E-state index is 11.2. The summed E-state index contributed by atoms with van der Waals surface area (Å²) in [6.07, 6.45) is -0.851. The Labute approximate surface area is 95.1 Å². The normalized spacial score (nSPS) is 11.6. The molecular weight excluding hydrogens is 204 g/mol. The van der Waals surface area contributed by atoms with E-state index in [1.807, 2.05) is 25.1 Å². The van der Waals surface area contributed by atoms with Gasteiger partial charge in [-0.15, -0.1) is 0 Å². The molecule has 0 saturated heterocycles. The Morgan fingerprint density at radius 1 is 1.44 bits per heavy atom. The first-order valence-electron chi connectivity index (χ1n) is 5.11. The van der Waals surface area contributed by atoms with E-state index in [4.69, 9.17) is 10.5 Å². The highest BCUT2D eigenvalue weighted by Gasteiger charge is 2.05. The van der Waals surface area contributed by atoms with Gasteiger partial charge in [0.05, 0.1) is 6.10 Å². The van der Waals surface area contributed by atoms with Gasteiger partial charge in [-0.05, 0) is 26.8 Å². The molecule has 0 atom stereocenters. The summed E-state index contributed by atoms with van der Waals surface area (Å²) in [4.78, 5) is 14.9. The molecule has 0 aliphatic rings. The summed E-state index contributed by atoms with van der Waals surface area (Å²) >= 11 is 0. The van der Waals surface area contributed by atoms with E-state index in [-0.39, 0.29) is 11.9 Å². The Kier molecular flexibility index (Phi) is 4.05. The molecule has 0 saturated carbocycles. The van der Waals surface area contributed by atoms with Gasteiger partial charge in [0.1, 0.15) is 5.84 Å². The first kappa shape index (κ1) is 12.2. The van der Waals surface area contributed by atoms with Crippen molar-refractivity contribution in [2.75, 3.05) is 0 Å². The lowest BCUT2D eigenvalue weighted by molar-refractivity contribution is 0.126. The Hall–Kier alpha value is -1.84. The number of carbonyl (C=O) groups is 1. The molecule has 0 aliphatic heterocycles. The van der Waals surface area contributed by atoms with Crippen molar-refractivity contribution in [2.45, 2.75) is 26.9 Å². The molecule has 1 rings (SSSR count). The third kappa shape index (κ3) is 3.73. The van der Waals surface area contributed by atoms with Crippen molar-refractivity contribution in [1.82, 2.24) is 0 Å². The van der Waals surface area contributed by atoms with Crippen LogP contribution in [0.25, 0.3) is 0 Å². The number of nitrogens with zero attached hydrogens (tertiary/aromatic N) is 1. The fourth-order valence-corrected chi connectivity index (χ4v) is 1.20. The summed E-state index contributed by atoms with van der Waals surface area (Å²) in [5.41, 5.74) is 7.48. The van der Waals surface area contributed by atoms with Gasteiger partial charge in [-0.1, -0.05) is 23.8 Å². The third-order valence-corrected chi connectivity index (χ3v) is 1.86. The molecular formula is C12H16N2O2. The second kappa shape index (κ2) is 5.30. The lowest BCUT2D eigenvalue weighted by Crippen LogP contribution is -2.17. The maximum absolute atomic E-state index is 11.2. The summed E-state index contributed by atoms with van der Waals surface area (Å²) < 4.78 is 4.87. The molecule has 1 aromatic carbocycles. The fraction of sp³-hybridized carbons (Fsp3) is 0.333. The lowest BCUT2D eigenvalue weighted by atomic mass is 10.1. The van der Waals surface area contributed by atoms with Gasteiger partial charge in [0.15, 0.2) is 0 Å². The highest BCUT2D eigenvalue weighted by atomic mass is 16.6. The van der Waals surface area contributed by atoms with E-state index in [1.165, 1.54) is 0 Å². The zero-order valence-corrected chi connectivity index (χ0v) is 9.73. The smallest absolute Gasteiger partial charge is 0.435 e. The van der Waals surface area contributed by atoms with Crippen LogP contribution in [0.4, 0.5) is 4.79 Å². The molecule has 0 heterocycles. The van der Waals surface area contributed by atoms with Gasteiger partial charge in [-0.25, -0.2) is 4.79 Å². The minimum absolute atomic E-state index is 0.175. The van der Waals surface area contributed by atoms with E-state index in [0.717, 1.165) is 11.1 Å². The van der Waals surface area contributed by atoms with E-state index >= 15 is 0 Å². The van der Waals surface area contributed by atoms with E-state index in [1.54, 1.807) is 19.9 Å². The Bertz CT molecular complexity index is 411. The quantitative estimate of drug-likeness (QED) is 0.614. The number of aliphatic imine (C=N–C) groups is 1. The molecule has 16 heavy (non-hydrogen) atoms. The van der Waals surface area contributed by atoms with Crippen molar-refractivity contribution >= 4 is 11.9 Å². The van der Waals surface area contributed by atoms with Gasteiger partial charge in [-0.2, -0.15) is 4.99 Å². The number of hydrogen-bond acceptors (Lipinski definition) is 2. The minimum Gasteiger partial charge on any atom is -0.445 e. The average molecular weight is 220 g/mol. The Morgan fingerprint density at radius 2 is 2.12 bits per heavy atom. The summed E-state index contributed by atoms with van der Waals surface area (Å²) in [5, 5.41) is 0. The average Bonchev–Trinajstić information content (AvgIpc) is 2.16. The topological polar surface area (TPSA) is 64.7 Å². The van der Waals surface area contributed by atoms with Crippen LogP contribution >= 0.6 is 0 Å². The van der Waals surface area contributed by atoms with Crippen LogP contribution in [0.1, 0.15) is 25.0 Å². The number of hydrogen-bond donors (Lipinski definition) is 1. The van der Waals surface area contributed by atoms with Crippen molar-refractivity contribution in [2.24, 2.45) is 10.7 Å². The molecule has 0 aromatic heterocycles. The van der Waals surface area contributed by atoms with Crippen molar-refractivity contribution in [3.05, 3.63) is 35.4 Å². The van der Waals surface area contributed by atoms with Gasteiger partial charge in [0.25, 0.3) is 0 Å². The van der Waals surface area contributed by atoms with Crippen LogP contribution in [0.3, 0.4) is 0 Å². The van der Waals surface area contributed by atoms with Crippen LogP contribution in [0, 0.1) is 6.92 Å². The molecule has 1 amide bonds. The number of rotatable bonds is 2. The molecule has 0 radical (unpaired) electrons. The van der Waals surface area contributed by atoms with Crippen molar-refractivity contribution in [3.8, 4) is 0 Å². The molecule has 0 bridgehead atoms. The van der Waals surface area contributed by atoms with Gasteiger partial charge in [0, 0.05) is 5.56 Å². The van der Waals surface area contributed by atoms with Gasteiger partial charge in [-0.3, -0.25) is 0 Å². The van der Waals surface area contributed by atoms with E-state index in [2.05, 4.69) is 4.99 Å². The van der Waals surface area contributed by atoms with E-state index < -0.39 is 6.09 Å². The molecule has 4 heteroatoms. The van der Waals surface area contributed by atoms with Crippen LogP contribution in [0.2, 0.25) is 0 Å². The van der Waals surface area contributed by atoms with Crippen molar-refractivity contribution in [3.63, 3.8) is 0 Å². The zero-order chi connectivity index (χ0) is 12.1. The standard InChI is InChI=1S/C12H16N2O2/c1-8(2)16-12(15)14-11(13)10-6-4-5-9(3)7-10/h4-8H,1-3H3,(H2,13,14,15). The predicted molar refractivity (Wildman–Crippen MR) is 63.5 cm³/mol. The van der Waals surface area contributed by atoms with Crippen LogP contribution in [0.5, 0.6) is 0 Å². The monoisotopic (exact) mass is 220 g/mol. The third-order valence-electron chi connectivity index (χ3n) is 1.86. The van der Waals surface area contributed by atoms with Crippen molar-refractivity contribution < 1.29 is 9.53 Å². The summed E-state index contributed by atoms with van der Waals surface area (Å²) in [6.45, 7) is 5.47. The van der Waals surface area contributed by atoms with Crippen LogP contribution in [-0.4, -0.2) is 18.0 Å². The first-order valence-corrected chi connectivity index (χ1v) is 5.11. The van der Waals surface area contributed by atoms with Crippen LogP contribution in [-0.2, 0) is 4.74 Å². The van der Waals surface area contributed by atoms with Gasteiger partial charge in [0.2, 0.25) is 0 Å². The highest BCUT2D eigenvalue weighted by Crippen LogP contribution is 2.04. The molecule has 2 N–H and O–H groups in total. The first-order chi connectivity index (χ1) is 7.49. The molecule has 4 nitrogen and oxygen atoms in total. The van der Waals surface area contributed by atoms with Crippen LogP contribution < -0.4 is 5.73 Å². The number of amides is 1. The number of ether oxygens (including phenoxy) is 1. The van der Waals surface area contributed by atoms with Gasteiger partial charge < -0.3 is 10.5 Å². The highest BCUT2D eigenvalue weighted by molar-refractivity contribution is 6.02. The summed E-state index contributed by atoms with van der Waals surface area (Å²) in [6, 6.07) is 7.47. The molecule has 1 aromatic rings. The van der Waals surface area contributed by atoms with Crippen molar-refractivity contribution in [1.29, 1.82) is 0 Å². The summed E-state index contributed by atoms with van der Waals surface area (Å²) in [5.74, 6) is 0.175.